The molecule has 1 aromatic carbocycles. The minimum absolute atomic E-state index is 0.0710. The van der Waals surface area contributed by atoms with Crippen molar-refractivity contribution in [1.29, 1.82) is 0 Å². The summed E-state index contributed by atoms with van der Waals surface area (Å²) < 4.78 is 44.0. The molecule has 11 heteroatoms. The van der Waals surface area contributed by atoms with Crippen molar-refractivity contribution in [1.82, 2.24) is 9.78 Å². The highest BCUT2D eigenvalue weighted by Gasteiger charge is 2.33. The largest absolute Gasteiger partial charge is 0.462 e. The fraction of sp³-hybridized carbons (Fsp3) is 0.231. The average molecular weight is 403 g/mol. The SMILES string of the molecule is CCOC(=O)c1c(Cl)nn(-c2c(Cl)cc(C(F)(F)F)cc2Cl)c1N. The first-order valence-corrected chi connectivity index (χ1v) is 7.49. The molecule has 0 aliphatic rings. The molecule has 2 N–H and O–H groups in total. The minimum atomic E-state index is -4.63. The number of aromatic nitrogens is 2. The van der Waals surface area contributed by atoms with Crippen LogP contribution in [-0.2, 0) is 10.9 Å². The normalized spacial score (nSPS) is 11.6. The van der Waals surface area contributed by atoms with Crippen LogP contribution in [0, 0.1) is 0 Å². The molecule has 0 aliphatic heterocycles. The number of alkyl halides is 3. The number of halogens is 6. The van der Waals surface area contributed by atoms with Crippen LogP contribution < -0.4 is 5.73 Å². The van der Waals surface area contributed by atoms with Gasteiger partial charge in [-0.05, 0) is 19.1 Å². The molecule has 24 heavy (non-hydrogen) atoms. The lowest BCUT2D eigenvalue weighted by atomic mass is 10.2. The van der Waals surface area contributed by atoms with Gasteiger partial charge >= 0.3 is 12.1 Å². The Morgan fingerprint density at radius 1 is 1.29 bits per heavy atom. The molecule has 0 saturated carbocycles. The van der Waals surface area contributed by atoms with Crippen molar-refractivity contribution in [3.8, 4) is 5.69 Å². The summed E-state index contributed by atoms with van der Waals surface area (Å²) in [7, 11) is 0. The Hall–Kier alpha value is -1.64. The van der Waals surface area contributed by atoms with Crippen molar-refractivity contribution < 1.29 is 22.7 Å². The summed E-state index contributed by atoms with van der Waals surface area (Å²) in [5, 5.41) is 2.78. The van der Waals surface area contributed by atoms with Crippen LogP contribution in [0.25, 0.3) is 5.69 Å². The average Bonchev–Trinajstić information content (AvgIpc) is 2.72. The number of benzene rings is 1. The van der Waals surface area contributed by atoms with Crippen LogP contribution in [0.15, 0.2) is 12.1 Å². The summed E-state index contributed by atoms with van der Waals surface area (Å²) in [5.74, 6) is -1.09. The van der Waals surface area contributed by atoms with Gasteiger partial charge in [0.2, 0.25) is 0 Å². The van der Waals surface area contributed by atoms with Gasteiger partial charge < -0.3 is 10.5 Å². The fourth-order valence-electron chi connectivity index (χ4n) is 1.90. The number of hydrogen-bond donors (Lipinski definition) is 1. The number of nitrogens with zero attached hydrogens (tertiary/aromatic N) is 2. The Kier molecular flexibility index (Phi) is 5.22. The van der Waals surface area contributed by atoms with E-state index in [1.165, 1.54) is 0 Å². The number of esters is 1. The third-order valence-electron chi connectivity index (χ3n) is 2.91. The van der Waals surface area contributed by atoms with Gasteiger partial charge in [-0.3, -0.25) is 0 Å². The van der Waals surface area contributed by atoms with Gasteiger partial charge in [0.25, 0.3) is 0 Å². The molecule has 1 aromatic heterocycles. The molecule has 2 aromatic rings. The van der Waals surface area contributed by atoms with Crippen molar-refractivity contribution in [2.75, 3.05) is 12.3 Å². The molecule has 2 rings (SSSR count). The number of nitrogen functional groups attached to an aromatic ring is 1. The van der Waals surface area contributed by atoms with Crippen molar-refractivity contribution in [2.24, 2.45) is 0 Å². The van der Waals surface area contributed by atoms with Gasteiger partial charge in [-0.2, -0.15) is 18.3 Å². The van der Waals surface area contributed by atoms with Crippen molar-refractivity contribution in [3.63, 3.8) is 0 Å². The first-order valence-electron chi connectivity index (χ1n) is 6.35. The number of carbonyl (C=O) groups excluding carboxylic acids is 1. The second-order valence-corrected chi connectivity index (χ2v) is 5.64. The lowest BCUT2D eigenvalue weighted by Gasteiger charge is -2.13. The molecule has 0 spiro atoms. The molecule has 0 aliphatic carbocycles. The van der Waals surface area contributed by atoms with Gasteiger partial charge in [-0.25, -0.2) is 9.48 Å². The van der Waals surface area contributed by atoms with Crippen LogP contribution in [0.4, 0.5) is 19.0 Å². The van der Waals surface area contributed by atoms with Crippen LogP contribution in [-0.4, -0.2) is 22.4 Å². The molecule has 0 unspecified atom stereocenters. The lowest BCUT2D eigenvalue weighted by Crippen LogP contribution is -2.11. The van der Waals surface area contributed by atoms with Crippen LogP contribution in [0.3, 0.4) is 0 Å². The van der Waals surface area contributed by atoms with E-state index >= 15 is 0 Å². The van der Waals surface area contributed by atoms with E-state index in [1.54, 1.807) is 6.92 Å². The smallest absolute Gasteiger partial charge is 0.416 e. The molecule has 0 fully saturated rings. The van der Waals surface area contributed by atoms with E-state index in [0.29, 0.717) is 12.1 Å². The van der Waals surface area contributed by atoms with E-state index in [0.717, 1.165) is 4.68 Å². The van der Waals surface area contributed by atoms with Gasteiger partial charge in [-0.1, -0.05) is 34.8 Å². The number of nitrogens with two attached hydrogens (primary N) is 1. The van der Waals surface area contributed by atoms with Gasteiger partial charge in [0.1, 0.15) is 17.1 Å². The van der Waals surface area contributed by atoms with E-state index in [1.807, 2.05) is 0 Å². The molecule has 0 atom stereocenters. The predicted octanol–water partition coefficient (Wildman–Crippen LogP) is 4.61. The van der Waals surface area contributed by atoms with Crippen LogP contribution >= 0.6 is 34.8 Å². The summed E-state index contributed by atoms with van der Waals surface area (Å²) in [6, 6.07) is 1.34. The van der Waals surface area contributed by atoms with Crippen LogP contribution in [0.2, 0.25) is 15.2 Å². The highest BCUT2D eigenvalue weighted by Crippen LogP contribution is 2.39. The van der Waals surface area contributed by atoms with Gasteiger partial charge in [0.15, 0.2) is 5.15 Å². The summed E-state index contributed by atoms with van der Waals surface area (Å²) in [6.07, 6.45) is -4.63. The molecule has 5 nitrogen and oxygen atoms in total. The Balaban J connectivity index is 2.62. The van der Waals surface area contributed by atoms with Crippen molar-refractivity contribution in [3.05, 3.63) is 38.5 Å². The third-order valence-corrected chi connectivity index (χ3v) is 3.75. The highest BCUT2D eigenvalue weighted by atomic mass is 35.5. The maximum absolute atomic E-state index is 12.8. The second kappa shape index (κ2) is 6.70. The summed E-state index contributed by atoms with van der Waals surface area (Å²) in [5.41, 5.74) is 4.40. The second-order valence-electron chi connectivity index (χ2n) is 4.47. The lowest BCUT2D eigenvalue weighted by molar-refractivity contribution is -0.137. The van der Waals surface area contributed by atoms with E-state index in [4.69, 9.17) is 45.3 Å². The van der Waals surface area contributed by atoms with Gasteiger partial charge in [0, 0.05) is 0 Å². The highest BCUT2D eigenvalue weighted by molar-refractivity contribution is 6.38. The van der Waals surface area contributed by atoms with Crippen molar-refractivity contribution >= 4 is 46.6 Å². The Morgan fingerprint density at radius 2 is 1.83 bits per heavy atom. The molecule has 0 saturated heterocycles. The zero-order chi connectivity index (χ0) is 18.2. The zero-order valence-electron chi connectivity index (χ0n) is 11.9. The van der Waals surface area contributed by atoms with E-state index in [-0.39, 0.29) is 38.9 Å². The summed E-state index contributed by atoms with van der Waals surface area (Å²) in [6.45, 7) is 1.65. The first kappa shape index (κ1) is 18.7. The summed E-state index contributed by atoms with van der Waals surface area (Å²) in [4.78, 5) is 11.8. The predicted molar refractivity (Wildman–Crippen MR) is 84.0 cm³/mol. The van der Waals surface area contributed by atoms with E-state index in [2.05, 4.69) is 5.10 Å². The maximum atomic E-state index is 12.8. The molecular weight excluding hydrogens is 394 g/mol. The first-order chi connectivity index (χ1) is 11.1. The molecule has 0 bridgehead atoms. The Morgan fingerprint density at radius 3 is 2.29 bits per heavy atom. The number of hydrogen-bond acceptors (Lipinski definition) is 4. The maximum Gasteiger partial charge on any atom is 0.416 e. The van der Waals surface area contributed by atoms with Crippen molar-refractivity contribution in [2.45, 2.75) is 13.1 Å². The monoisotopic (exact) mass is 401 g/mol. The minimum Gasteiger partial charge on any atom is -0.462 e. The summed E-state index contributed by atoms with van der Waals surface area (Å²) >= 11 is 17.6. The number of anilines is 1. The molecule has 0 amide bonds. The number of rotatable bonds is 3. The van der Waals surface area contributed by atoms with E-state index < -0.39 is 17.7 Å². The zero-order valence-corrected chi connectivity index (χ0v) is 14.2. The number of carbonyl (C=O) groups is 1. The molecular formula is C13H9Cl3F3N3O2. The van der Waals surface area contributed by atoms with Crippen LogP contribution in [0.5, 0.6) is 0 Å². The quantitative estimate of drug-likeness (QED) is 0.761. The third kappa shape index (κ3) is 3.40. The molecule has 130 valence electrons. The van der Waals surface area contributed by atoms with E-state index in [9.17, 15) is 18.0 Å². The fourth-order valence-corrected chi connectivity index (χ4v) is 2.79. The molecule has 1 heterocycles. The standard InChI is InChI=1S/C13H9Cl3F3N3O2/c1-2-24-12(23)8-10(16)21-22(11(8)20)9-6(14)3-5(4-7(9)15)13(17,18)19/h3-4H,2,20H2,1H3. The molecule has 0 radical (unpaired) electrons. The Labute approximate surface area is 149 Å². The van der Waals surface area contributed by atoms with Crippen LogP contribution in [0.1, 0.15) is 22.8 Å². The van der Waals surface area contributed by atoms with Gasteiger partial charge in [-0.15, -0.1) is 0 Å². The Bertz CT molecular complexity index is 783. The van der Waals surface area contributed by atoms with Gasteiger partial charge in [0.05, 0.1) is 22.2 Å². The topological polar surface area (TPSA) is 70.1 Å². The number of ether oxygens (including phenoxy) is 1.